The van der Waals surface area contributed by atoms with Crippen LogP contribution in [0.3, 0.4) is 0 Å². The Balaban J connectivity index is 1.20. The molecule has 1 aliphatic heterocycles. The normalized spacial score (nSPS) is 19.1. The molecular weight excluding hydrogens is 661 g/mol. The summed E-state index contributed by atoms with van der Waals surface area (Å²) in [4.78, 5) is 5.34. The molecule has 4 nitrogen and oxygen atoms in total. The maximum Gasteiger partial charge on any atom is 0.127 e. The maximum atomic E-state index is 6.88. The van der Waals surface area contributed by atoms with Crippen LogP contribution in [0, 0.1) is 11.8 Å². The highest BCUT2D eigenvalue weighted by Gasteiger charge is 2.21. The predicted octanol–water partition coefficient (Wildman–Crippen LogP) is 12.0. The number of fused-ring (bicyclic) bond motifs is 7. The summed E-state index contributed by atoms with van der Waals surface area (Å²) in [5, 5.41) is 4.79. The van der Waals surface area contributed by atoms with Crippen molar-refractivity contribution < 1.29 is 9.47 Å². The summed E-state index contributed by atoms with van der Waals surface area (Å²) in [6.07, 6.45) is 7.19. The quantitative estimate of drug-likeness (QED) is 0.181. The van der Waals surface area contributed by atoms with Crippen molar-refractivity contribution in [3.8, 4) is 22.6 Å². The Hall–Kier alpha value is -4.64. The zero-order valence-corrected chi connectivity index (χ0v) is 32.5. The number of nitrogens with zero attached hydrogens (tertiary/aromatic N) is 2. The summed E-state index contributed by atoms with van der Waals surface area (Å²) in [6.45, 7) is 12.4. The minimum Gasteiger partial charge on any atom is -0.493 e. The van der Waals surface area contributed by atoms with Crippen molar-refractivity contribution in [1.29, 1.82) is 0 Å². The van der Waals surface area contributed by atoms with Gasteiger partial charge >= 0.3 is 0 Å². The van der Waals surface area contributed by atoms with Crippen LogP contribution >= 0.6 is 0 Å². The number of rotatable bonds is 4. The van der Waals surface area contributed by atoms with Crippen LogP contribution in [-0.2, 0) is 13.1 Å². The topological polar surface area (TPSA) is 24.9 Å². The molecule has 1 heterocycles. The molecule has 0 saturated carbocycles. The molecule has 7 rings (SSSR count). The van der Waals surface area contributed by atoms with Gasteiger partial charge in [0.25, 0.3) is 0 Å². The molecule has 0 radical (unpaired) electrons. The van der Waals surface area contributed by atoms with Gasteiger partial charge in [0, 0.05) is 24.2 Å². The second-order valence-corrected chi connectivity index (χ2v) is 15.7. The molecular formula is C50H58N2O2. The third kappa shape index (κ3) is 10.1. The third-order valence-corrected chi connectivity index (χ3v) is 11.2. The van der Waals surface area contributed by atoms with Crippen LogP contribution < -0.4 is 9.47 Å². The molecule has 54 heavy (non-hydrogen) atoms. The number of hydrogen-bond donors (Lipinski definition) is 0. The van der Waals surface area contributed by atoms with Crippen molar-refractivity contribution in [2.45, 2.75) is 65.5 Å². The summed E-state index contributed by atoms with van der Waals surface area (Å²) in [5.41, 5.74) is 5.04. The van der Waals surface area contributed by atoms with Crippen molar-refractivity contribution in [2.24, 2.45) is 11.8 Å². The summed E-state index contributed by atoms with van der Waals surface area (Å²) >= 11 is 0. The minimum atomic E-state index is 0.403. The Kier molecular flexibility index (Phi) is 13.3. The average molecular weight is 719 g/mol. The summed E-state index contributed by atoms with van der Waals surface area (Å²) in [5.74, 6) is 2.66. The van der Waals surface area contributed by atoms with E-state index in [1.807, 2.05) is 0 Å². The Morgan fingerprint density at radius 2 is 0.852 bits per heavy atom. The van der Waals surface area contributed by atoms with Gasteiger partial charge in [-0.2, -0.15) is 0 Å². The fourth-order valence-corrected chi connectivity index (χ4v) is 7.94. The van der Waals surface area contributed by atoms with Gasteiger partial charge in [-0.05, 0) is 109 Å². The molecule has 0 fully saturated rings. The zero-order valence-electron chi connectivity index (χ0n) is 32.5. The third-order valence-electron chi connectivity index (χ3n) is 11.2. The predicted molar refractivity (Wildman–Crippen MR) is 227 cm³/mol. The SMILES string of the molecule is CC1CCN(Cc2ccccc2)CCCCCCN(Cc2ccccc2)CCC(C)COc2ccc3ccccc3c2-c2c(ccc3ccccc23)OC1. The van der Waals surface area contributed by atoms with Crippen LogP contribution in [0.2, 0.25) is 0 Å². The molecule has 6 aromatic rings. The first-order chi connectivity index (χ1) is 26.6. The molecule has 2 atom stereocenters. The lowest BCUT2D eigenvalue weighted by molar-refractivity contribution is 0.200. The van der Waals surface area contributed by atoms with Crippen molar-refractivity contribution >= 4 is 21.5 Å². The van der Waals surface area contributed by atoms with Gasteiger partial charge in [0.1, 0.15) is 11.5 Å². The number of benzene rings is 6. The van der Waals surface area contributed by atoms with Crippen LogP contribution in [0.4, 0.5) is 0 Å². The van der Waals surface area contributed by atoms with Gasteiger partial charge in [-0.3, -0.25) is 9.80 Å². The average Bonchev–Trinajstić information content (AvgIpc) is 3.21. The Labute approximate surface area is 323 Å². The van der Waals surface area contributed by atoms with Gasteiger partial charge < -0.3 is 9.47 Å². The Morgan fingerprint density at radius 3 is 1.30 bits per heavy atom. The van der Waals surface area contributed by atoms with Gasteiger partial charge in [-0.15, -0.1) is 0 Å². The summed E-state index contributed by atoms with van der Waals surface area (Å²) < 4.78 is 13.8. The first-order valence-corrected chi connectivity index (χ1v) is 20.4. The van der Waals surface area contributed by atoms with Crippen molar-refractivity contribution in [3.63, 3.8) is 0 Å². The second kappa shape index (κ2) is 19.1. The lowest BCUT2D eigenvalue weighted by Gasteiger charge is -2.26. The van der Waals surface area contributed by atoms with E-state index in [9.17, 15) is 0 Å². The van der Waals surface area contributed by atoms with Gasteiger partial charge in [0.15, 0.2) is 0 Å². The first-order valence-electron chi connectivity index (χ1n) is 20.4. The van der Waals surface area contributed by atoms with Crippen molar-refractivity contribution in [2.75, 3.05) is 39.4 Å². The van der Waals surface area contributed by atoms with Gasteiger partial charge in [-0.25, -0.2) is 0 Å². The van der Waals surface area contributed by atoms with E-state index in [1.165, 1.54) is 58.4 Å². The van der Waals surface area contributed by atoms with E-state index >= 15 is 0 Å². The highest BCUT2D eigenvalue weighted by molar-refractivity contribution is 6.09. The standard InChI is InChI=1S/C50H58N2O2/c1-39-29-33-51(35-41-17-7-5-8-18-41)31-15-3-4-16-32-52(36-42-19-9-6-10-20-42)34-30-40(2)38-54-48-28-26-44-22-12-14-24-46(44)50(48)49-45-23-13-11-21-43(45)25-27-47(49)53-37-39/h5-14,17-28,39-40H,3-4,15-16,29-38H2,1-2H3. The Morgan fingerprint density at radius 1 is 0.444 bits per heavy atom. The molecule has 2 unspecified atom stereocenters. The van der Waals surface area contributed by atoms with Gasteiger partial charge in [-0.1, -0.05) is 148 Å². The van der Waals surface area contributed by atoms with E-state index in [0.717, 1.165) is 74.7 Å². The fourth-order valence-electron chi connectivity index (χ4n) is 7.94. The molecule has 0 amide bonds. The van der Waals surface area contributed by atoms with Crippen molar-refractivity contribution in [1.82, 2.24) is 9.80 Å². The van der Waals surface area contributed by atoms with Crippen LogP contribution in [0.25, 0.3) is 32.7 Å². The van der Waals surface area contributed by atoms with E-state index in [0.29, 0.717) is 25.0 Å². The number of ether oxygens (including phenoxy) is 2. The lowest BCUT2D eigenvalue weighted by Crippen LogP contribution is -2.28. The minimum absolute atomic E-state index is 0.403. The maximum absolute atomic E-state index is 6.88. The highest BCUT2D eigenvalue weighted by Crippen LogP contribution is 2.45. The van der Waals surface area contributed by atoms with Gasteiger partial charge in [0.05, 0.1) is 13.2 Å². The molecule has 6 aromatic carbocycles. The molecule has 280 valence electrons. The smallest absolute Gasteiger partial charge is 0.127 e. The van der Waals surface area contributed by atoms with E-state index < -0.39 is 0 Å². The van der Waals surface area contributed by atoms with E-state index in [2.05, 4.69) is 157 Å². The zero-order chi connectivity index (χ0) is 37.0. The van der Waals surface area contributed by atoms with Crippen LogP contribution in [-0.4, -0.2) is 49.2 Å². The first kappa shape index (κ1) is 37.7. The molecule has 0 N–H and O–H groups in total. The molecule has 0 spiro atoms. The monoisotopic (exact) mass is 718 g/mol. The molecule has 0 aliphatic carbocycles. The Bertz CT molecular complexity index is 1900. The van der Waals surface area contributed by atoms with Crippen LogP contribution in [0.1, 0.15) is 63.5 Å². The van der Waals surface area contributed by atoms with E-state index in [-0.39, 0.29) is 0 Å². The molecule has 0 saturated heterocycles. The number of hydrogen-bond acceptors (Lipinski definition) is 4. The summed E-state index contributed by atoms with van der Waals surface area (Å²) in [6, 6.07) is 48.2. The second-order valence-electron chi connectivity index (χ2n) is 15.7. The highest BCUT2D eigenvalue weighted by atomic mass is 16.5. The largest absolute Gasteiger partial charge is 0.493 e. The molecule has 0 bridgehead atoms. The molecule has 1 aliphatic rings. The van der Waals surface area contributed by atoms with Gasteiger partial charge in [0.2, 0.25) is 0 Å². The van der Waals surface area contributed by atoms with E-state index in [4.69, 9.17) is 9.47 Å². The summed E-state index contributed by atoms with van der Waals surface area (Å²) in [7, 11) is 0. The van der Waals surface area contributed by atoms with E-state index in [1.54, 1.807) is 0 Å². The lowest BCUT2D eigenvalue weighted by atomic mass is 9.92. The van der Waals surface area contributed by atoms with Crippen LogP contribution in [0.5, 0.6) is 11.5 Å². The van der Waals surface area contributed by atoms with Crippen LogP contribution in [0.15, 0.2) is 133 Å². The molecule has 4 heteroatoms. The fraction of sp³-hybridized carbons (Fsp3) is 0.360. The molecule has 0 aromatic heterocycles. The van der Waals surface area contributed by atoms with Crippen molar-refractivity contribution in [3.05, 3.63) is 145 Å².